The van der Waals surface area contributed by atoms with E-state index >= 15 is 0 Å². The van der Waals surface area contributed by atoms with Crippen LogP contribution in [-0.4, -0.2) is 53.4 Å². The van der Waals surface area contributed by atoms with E-state index in [9.17, 15) is 19.2 Å². The number of carbonyl (C=O) groups is 4. The van der Waals surface area contributed by atoms with Gasteiger partial charge in [0, 0.05) is 19.5 Å². The van der Waals surface area contributed by atoms with Crippen LogP contribution in [0.4, 0.5) is 4.79 Å². The normalized spacial score (nSPS) is 13.8. The van der Waals surface area contributed by atoms with Crippen molar-refractivity contribution in [2.24, 2.45) is 5.73 Å². The molecule has 0 aliphatic heterocycles. The Morgan fingerprint density at radius 1 is 1.09 bits per heavy atom. The van der Waals surface area contributed by atoms with Gasteiger partial charge in [0.05, 0.1) is 0 Å². The molecule has 4 amide bonds. The molecule has 9 nitrogen and oxygen atoms in total. The summed E-state index contributed by atoms with van der Waals surface area (Å²) in [7, 11) is 1.52. The molecule has 0 aromatic heterocycles. The van der Waals surface area contributed by atoms with Crippen LogP contribution >= 0.6 is 0 Å². The van der Waals surface area contributed by atoms with Gasteiger partial charge in [-0.1, -0.05) is 37.1 Å². The second-order valence-corrected chi connectivity index (χ2v) is 10.1. The van der Waals surface area contributed by atoms with Gasteiger partial charge in [-0.25, -0.2) is 4.79 Å². The van der Waals surface area contributed by atoms with E-state index in [1.165, 1.54) is 11.9 Å². The van der Waals surface area contributed by atoms with Crippen LogP contribution in [0.1, 0.15) is 83.0 Å². The second kappa shape index (κ2) is 13.1. The van der Waals surface area contributed by atoms with Gasteiger partial charge in [-0.2, -0.15) is 0 Å². The van der Waals surface area contributed by atoms with Crippen LogP contribution in [0.5, 0.6) is 0 Å². The summed E-state index contributed by atoms with van der Waals surface area (Å²) >= 11 is 0. The Morgan fingerprint density at radius 2 is 1.71 bits per heavy atom. The first-order chi connectivity index (χ1) is 16.2. The van der Waals surface area contributed by atoms with Gasteiger partial charge in [0.25, 0.3) is 0 Å². The maximum Gasteiger partial charge on any atom is 0.408 e. The van der Waals surface area contributed by atoms with Crippen molar-refractivity contribution in [3.63, 3.8) is 0 Å². The Kier molecular flexibility index (Phi) is 11.2. The van der Waals surface area contributed by atoms with Crippen LogP contribution in [-0.2, 0) is 19.1 Å². The highest BCUT2D eigenvalue weighted by Crippen LogP contribution is 2.26. The Labute approximate surface area is 209 Å². The van der Waals surface area contributed by atoms with Crippen molar-refractivity contribution in [2.45, 2.75) is 97.9 Å². The number of nitrogens with zero attached hydrogens (tertiary/aromatic N) is 1. The van der Waals surface area contributed by atoms with E-state index in [0.29, 0.717) is 5.56 Å². The van der Waals surface area contributed by atoms with Crippen LogP contribution in [0.25, 0.3) is 0 Å². The van der Waals surface area contributed by atoms with E-state index in [4.69, 9.17) is 10.5 Å². The maximum atomic E-state index is 13.6. The first-order valence-corrected chi connectivity index (χ1v) is 12.1. The maximum absolute atomic E-state index is 13.6. The molecule has 0 heterocycles. The third kappa shape index (κ3) is 9.96. The number of nitrogens with one attached hydrogen (secondary N) is 2. The minimum absolute atomic E-state index is 0.0226. The summed E-state index contributed by atoms with van der Waals surface area (Å²) in [6, 6.07) is 3.57. The largest absolute Gasteiger partial charge is 0.444 e. The molecule has 1 aromatic rings. The fourth-order valence-electron chi connectivity index (χ4n) is 3.85. The summed E-state index contributed by atoms with van der Waals surface area (Å²) < 4.78 is 5.29. The number of hydrogen-bond acceptors (Lipinski definition) is 5. The van der Waals surface area contributed by atoms with E-state index in [0.717, 1.165) is 24.0 Å². The van der Waals surface area contributed by atoms with Crippen molar-refractivity contribution >= 4 is 23.8 Å². The number of ether oxygens (including phenoxy) is 1. The van der Waals surface area contributed by atoms with Crippen LogP contribution in [0.2, 0.25) is 0 Å². The fourth-order valence-corrected chi connectivity index (χ4v) is 3.85. The van der Waals surface area contributed by atoms with Crippen molar-refractivity contribution in [2.75, 3.05) is 7.05 Å². The number of carbonyl (C=O) groups excluding carboxylic acids is 4. The number of nitrogens with two attached hydrogens (primary N) is 1. The summed E-state index contributed by atoms with van der Waals surface area (Å²) in [4.78, 5) is 52.2. The molecule has 0 saturated heterocycles. The zero-order valence-corrected chi connectivity index (χ0v) is 22.4. The lowest BCUT2D eigenvalue weighted by molar-refractivity contribution is -0.141. The van der Waals surface area contributed by atoms with Crippen LogP contribution in [0, 0.1) is 13.8 Å². The molecule has 0 bridgehead atoms. The highest BCUT2D eigenvalue weighted by molar-refractivity contribution is 5.92. The van der Waals surface area contributed by atoms with E-state index < -0.39 is 35.6 Å². The van der Waals surface area contributed by atoms with Gasteiger partial charge in [-0.05, 0) is 65.5 Å². The molecule has 0 fully saturated rings. The van der Waals surface area contributed by atoms with E-state index in [1.54, 1.807) is 20.8 Å². The monoisotopic (exact) mass is 490 g/mol. The topological polar surface area (TPSA) is 131 Å². The third-order valence-corrected chi connectivity index (χ3v) is 5.48. The number of alkyl carbamates (subject to hydrolysis) is 1. The first kappa shape index (κ1) is 29.9. The molecule has 1 aromatic carbocycles. The Hall–Kier alpha value is -3.10. The van der Waals surface area contributed by atoms with E-state index in [2.05, 4.69) is 10.6 Å². The average Bonchev–Trinajstić information content (AvgIpc) is 2.70. The van der Waals surface area contributed by atoms with Gasteiger partial charge in [0.15, 0.2) is 0 Å². The standard InChI is InChI=1S/C26H42N4O5/c1-9-10-18(4)28-23(32)22(19-12-11-16(2)15-17(19)3)30(8)24(33)20(13-14-21(27)31)29-25(34)35-26(5,6)7/h11-12,15,18,20,22H,9-10,13-14H2,1-8H3,(H2,27,31)(H,28,32)(H,29,34). The zero-order valence-electron chi connectivity index (χ0n) is 22.4. The molecule has 0 saturated carbocycles. The predicted octanol–water partition coefficient (Wildman–Crippen LogP) is 3.27. The van der Waals surface area contributed by atoms with E-state index in [-0.39, 0.29) is 24.8 Å². The summed E-state index contributed by atoms with van der Waals surface area (Å²) in [6.45, 7) is 12.9. The van der Waals surface area contributed by atoms with Crippen molar-refractivity contribution in [1.29, 1.82) is 0 Å². The highest BCUT2D eigenvalue weighted by atomic mass is 16.6. The summed E-state index contributed by atoms with van der Waals surface area (Å²) in [5.41, 5.74) is 7.09. The predicted molar refractivity (Wildman–Crippen MR) is 136 cm³/mol. The molecule has 0 radical (unpaired) electrons. The summed E-state index contributed by atoms with van der Waals surface area (Å²) in [6.07, 6.45) is 0.765. The summed E-state index contributed by atoms with van der Waals surface area (Å²) in [5, 5.41) is 5.55. The molecule has 196 valence electrons. The van der Waals surface area contributed by atoms with Gasteiger partial charge >= 0.3 is 6.09 Å². The van der Waals surface area contributed by atoms with Gasteiger partial charge in [0.1, 0.15) is 17.7 Å². The molecule has 35 heavy (non-hydrogen) atoms. The van der Waals surface area contributed by atoms with Crippen molar-refractivity contribution in [3.05, 3.63) is 34.9 Å². The number of aryl methyl sites for hydroxylation is 2. The number of hydrogen-bond donors (Lipinski definition) is 3. The summed E-state index contributed by atoms with van der Waals surface area (Å²) in [5.74, 6) is -1.45. The number of rotatable bonds is 11. The van der Waals surface area contributed by atoms with Crippen molar-refractivity contribution < 1.29 is 23.9 Å². The molecule has 0 aliphatic rings. The lowest BCUT2D eigenvalue weighted by Crippen LogP contribution is -2.52. The Balaban J connectivity index is 3.33. The Bertz CT molecular complexity index is 909. The van der Waals surface area contributed by atoms with Gasteiger partial charge in [-0.15, -0.1) is 0 Å². The molecule has 3 atom stereocenters. The van der Waals surface area contributed by atoms with Crippen molar-refractivity contribution in [3.8, 4) is 0 Å². The minimum Gasteiger partial charge on any atom is -0.444 e. The first-order valence-electron chi connectivity index (χ1n) is 12.1. The highest BCUT2D eigenvalue weighted by Gasteiger charge is 2.35. The third-order valence-electron chi connectivity index (χ3n) is 5.48. The quantitative estimate of drug-likeness (QED) is 0.438. The van der Waals surface area contributed by atoms with Gasteiger partial charge < -0.3 is 26.0 Å². The van der Waals surface area contributed by atoms with Gasteiger partial charge in [0.2, 0.25) is 17.7 Å². The molecular formula is C26H42N4O5. The molecule has 0 spiro atoms. The SMILES string of the molecule is CCCC(C)NC(=O)C(c1ccc(C)cc1C)N(C)C(=O)C(CCC(N)=O)NC(=O)OC(C)(C)C. The van der Waals surface area contributed by atoms with E-state index in [1.807, 2.05) is 45.9 Å². The smallest absolute Gasteiger partial charge is 0.408 e. The minimum atomic E-state index is -1.10. The molecule has 9 heteroatoms. The van der Waals surface area contributed by atoms with Gasteiger partial charge in [-0.3, -0.25) is 14.4 Å². The van der Waals surface area contributed by atoms with Crippen LogP contribution in [0.15, 0.2) is 18.2 Å². The number of amides is 4. The average molecular weight is 491 g/mol. The lowest BCUT2D eigenvalue weighted by atomic mass is 9.96. The molecule has 0 aliphatic carbocycles. The van der Waals surface area contributed by atoms with Crippen LogP contribution < -0.4 is 16.4 Å². The van der Waals surface area contributed by atoms with Crippen molar-refractivity contribution in [1.82, 2.24) is 15.5 Å². The number of primary amides is 1. The lowest BCUT2D eigenvalue weighted by Gasteiger charge is -2.33. The zero-order chi connectivity index (χ0) is 26.9. The second-order valence-electron chi connectivity index (χ2n) is 10.1. The fraction of sp³-hybridized carbons (Fsp3) is 0.615. The number of likely N-dealkylation sites (N-methyl/N-ethyl adjacent to an activating group) is 1. The molecule has 3 unspecified atom stereocenters. The molecule has 1 rings (SSSR count). The number of benzene rings is 1. The Morgan fingerprint density at radius 3 is 2.23 bits per heavy atom. The molecular weight excluding hydrogens is 448 g/mol. The van der Waals surface area contributed by atoms with Crippen LogP contribution in [0.3, 0.4) is 0 Å². The molecule has 4 N–H and O–H groups in total.